The number of aliphatic hydroxyl groups excluding tert-OH is 16. The van der Waals surface area contributed by atoms with Gasteiger partial charge in [0.2, 0.25) is 0 Å². The molecule has 0 aliphatic carbocycles. The van der Waals surface area contributed by atoms with Crippen molar-refractivity contribution in [2.45, 2.75) is 154 Å². The molecule has 5 heterocycles. The van der Waals surface area contributed by atoms with E-state index >= 15 is 0 Å². The van der Waals surface area contributed by atoms with Crippen molar-refractivity contribution in [3.8, 4) is 0 Å². The van der Waals surface area contributed by atoms with Gasteiger partial charge in [0.25, 0.3) is 0 Å². The highest BCUT2D eigenvalue weighted by molar-refractivity contribution is 4.98. The molecule has 5 fully saturated rings. The minimum absolute atomic E-state index is 0.327. The Hall–Kier alpha value is -1.00. The molecule has 5 aliphatic heterocycles. The molecule has 0 bridgehead atoms. The highest BCUT2D eigenvalue weighted by Gasteiger charge is 2.56. The van der Waals surface area contributed by atoms with Gasteiger partial charge in [-0.2, -0.15) is 0 Å². The summed E-state index contributed by atoms with van der Waals surface area (Å²) in [4.78, 5) is 0. The zero-order valence-electron chi connectivity index (χ0n) is 28.9. The number of hydrogen-bond donors (Lipinski definition) is 16. The van der Waals surface area contributed by atoms with Crippen molar-refractivity contribution in [3.05, 3.63) is 0 Å². The van der Waals surface area contributed by atoms with Crippen LogP contribution >= 0.6 is 0 Å². The molecule has 55 heavy (non-hydrogen) atoms. The lowest BCUT2D eigenvalue weighted by molar-refractivity contribution is -0.391. The Balaban J connectivity index is 1.22. The van der Waals surface area contributed by atoms with Crippen LogP contribution in [0.1, 0.15) is 6.42 Å². The van der Waals surface area contributed by atoms with Crippen molar-refractivity contribution in [2.75, 3.05) is 33.0 Å². The van der Waals surface area contributed by atoms with E-state index in [1.807, 2.05) is 0 Å². The molecule has 24 atom stereocenters. The average molecular weight is 813 g/mol. The first-order valence-corrected chi connectivity index (χ1v) is 17.5. The fourth-order valence-corrected chi connectivity index (χ4v) is 7.05. The van der Waals surface area contributed by atoms with E-state index in [0.717, 1.165) is 0 Å². The predicted octanol–water partition coefficient (Wildman–Crippen LogP) is -10.9. The van der Waals surface area contributed by atoms with Gasteiger partial charge in [-0.15, -0.1) is 0 Å². The van der Waals surface area contributed by atoms with E-state index in [4.69, 9.17) is 42.6 Å². The smallest absolute Gasteiger partial charge is 0.187 e. The van der Waals surface area contributed by atoms with E-state index in [-0.39, 0.29) is 6.42 Å². The molecule has 16 N–H and O–H groups in total. The molecule has 0 aromatic heterocycles. The van der Waals surface area contributed by atoms with Gasteiger partial charge in [-0.1, -0.05) is 0 Å². The Kier molecular flexibility index (Phi) is 15.9. The first-order chi connectivity index (χ1) is 26.1. The molecular weight excluding hydrogens is 760 g/mol. The third kappa shape index (κ3) is 9.42. The monoisotopic (exact) mass is 812 g/mol. The minimum Gasteiger partial charge on any atom is -0.394 e. The van der Waals surface area contributed by atoms with Crippen LogP contribution in [0.15, 0.2) is 0 Å². The Morgan fingerprint density at radius 2 is 0.618 bits per heavy atom. The third-order valence-electron chi connectivity index (χ3n) is 10.2. The maximum Gasteiger partial charge on any atom is 0.187 e. The van der Waals surface area contributed by atoms with Crippen LogP contribution in [0.2, 0.25) is 0 Å². The lowest BCUT2D eigenvalue weighted by Crippen LogP contribution is -2.67. The molecule has 5 rings (SSSR count). The van der Waals surface area contributed by atoms with Crippen LogP contribution in [0, 0.1) is 0 Å². The maximum atomic E-state index is 11.1. The van der Waals surface area contributed by atoms with Gasteiger partial charge in [0, 0.05) is 6.42 Å². The van der Waals surface area contributed by atoms with Crippen LogP contribution in [0.25, 0.3) is 0 Å². The van der Waals surface area contributed by atoms with Crippen molar-refractivity contribution in [2.24, 2.45) is 0 Å². The minimum atomic E-state index is -2.08. The molecule has 0 amide bonds. The Morgan fingerprint density at radius 1 is 0.327 bits per heavy atom. The lowest BCUT2D eigenvalue weighted by Gasteiger charge is -2.49. The quantitative estimate of drug-likeness (QED) is 0.0821. The van der Waals surface area contributed by atoms with Crippen LogP contribution in [-0.4, -0.2) is 262 Å². The van der Waals surface area contributed by atoms with Crippen LogP contribution in [0.4, 0.5) is 0 Å². The molecule has 25 heteroatoms. The van der Waals surface area contributed by atoms with Gasteiger partial charge in [0.15, 0.2) is 31.5 Å². The van der Waals surface area contributed by atoms with Crippen molar-refractivity contribution in [1.82, 2.24) is 0 Å². The van der Waals surface area contributed by atoms with Gasteiger partial charge < -0.3 is 124 Å². The van der Waals surface area contributed by atoms with Crippen molar-refractivity contribution in [1.29, 1.82) is 0 Å². The van der Waals surface area contributed by atoms with E-state index in [9.17, 15) is 81.7 Å². The fraction of sp³-hybridized carbons (Fsp3) is 1.00. The van der Waals surface area contributed by atoms with E-state index in [1.165, 1.54) is 0 Å². The first-order valence-electron chi connectivity index (χ1n) is 17.5. The summed E-state index contributed by atoms with van der Waals surface area (Å²) in [6.07, 6.45) is -42.1. The second-order valence-electron chi connectivity index (χ2n) is 13.8. The van der Waals surface area contributed by atoms with Gasteiger partial charge in [-0.05, 0) is 0 Å². The summed E-state index contributed by atoms with van der Waals surface area (Å²) >= 11 is 0. The summed E-state index contributed by atoms with van der Waals surface area (Å²) < 4.78 is 49.4. The first kappa shape index (κ1) is 45.1. The van der Waals surface area contributed by atoms with E-state index < -0.39 is 180 Å². The van der Waals surface area contributed by atoms with E-state index in [0.29, 0.717) is 0 Å². The average Bonchev–Trinajstić information content (AvgIpc) is 3.17. The summed E-state index contributed by atoms with van der Waals surface area (Å²) in [6, 6.07) is 0. The molecule has 0 spiro atoms. The van der Waals surface area contributed by atoms with Gasteiger partial charge in [0.05, 0.1) is 39.1 Å². The third-order valence-corrected chi connectivity index (χ3v) is 10.2. The molecule has 0 aromatic rings. The summed E-state index contributed by atoms with van der Waals surface area (Å²) in [7, 11) is 0. The molecule has 0 aromatic carbocycles. The predicted molar refractivity (Wildman–Crippen MR) is 165 cm³/mol. The molecular formula is C30H52O25. The maximum absolute atomic E-state index is 11.1. The Labute approximate surface area is 311 Å². The number of ether oxygens (including phenoxy) is 9. The molecule has 5 aliphatic rings. The highest BCUT2D eigenvalue weighted by atomic mass is 16.8. The standard InChI is InChI=1S/C30H52O25/c31-2-8-14(38)15(39)19(43)27(48-8)53-24-11(5-34)50-29(21(45)17(24)41)55-26-12(6-35)51-30(22(46)18(26)42)54-25-10(4-33)49-28(20(44)16(25)40)52-23-7(36)1-13(37)47-9(23)3-32/h7-46H,1-6H2/t7-,8-,9-,10-,11-,12-,13?,14-,15+,16-,17-,18-,19-,20-,21-,22-,23+,24-,25-,26-,27-,28-,29-,30-/m1/s1. The molecule has 0 saturated carbocycles. The van der Waals surface area contributed by atoms with Crippen molar-refractivity contribution < 1.29 is 124 Å². The van der Waals surface area contributed by atoms with Gasteiger partial charge in [-0.3, -0.25) is 0 Å². The van der Waals surface area contributed by atoms with Crippen LogP contribution in [0.5, 0.6) is 0 Å². The summed E-state index contributed by atoms with van der Waals surface area (Å²) in [5, 5.41) is 165. The molecule has 1 unspecified atom stereocenters. The van der Waals surface area contributed by atoms with Gasteiger partial charge in [0.1, 0.15) is 110 Å². The Morgan fingerprint density at radius 3 is 0.964 bits per heavy atom. The highest BCUT2D eigenvalue weighted by Crippen LogP contribution is 2.35. The molecule has 5 saturated heterocycles. The largest absolute Gasteiger partial charge is 0.394 e. The normalized spacial score (nSPS) is 52.6. The second-order valence-corrected chi connectivity index (χ2v) is 13.8. The lowest BCUT2D eigenvalue weighted by atomic mass is 9.95. The zero-order valence-corrected chi connectivity index (χ0v) is 28.9. The van der Waals surface area contributed by atoms with E-state index in [1.54, 1.807) is 0 Å². The zero-order chi connectivity index (χ0) is 40.5. The number of aliphatic hydroxyl groups is 16. The number of rotatable bonds is 13. The Bertz CT molecular complexity index is 1170. The van der Waals surface area contributed by atoms with Crippen LogP contribution in [-0.2, 0) is 42.6 Å². The van der Waals surface area contributed by atoms with Gasteiger partial charge in [-0.25, -0.2) is 0 Å². The van der Waals surface area contributed by atoms with Crippen molar-refractivity contribution in [3.63, 3.8) is 0 Å². The fourth-order valence-electron chi connectivity index (χ4n) is 7.05. The molecule has 0 radical (unpaired) electrons. The van der Waals surface area contributed by atoms with Crippen molar-refractivity contribution >= 4 is 0 Å². The summed E-state index contributed by atoms with van der Waals surface area (Å²) in [6.45, 7) is -4.29. The summed E-state index contributed by atoms with van der Waals surface area (Å²) in [5.74, 6) is 0. The molecule has 322 valence electrons. The summed E-state index contributed by atoms with van der Waals surface area (Å²) in [5.41, 5.74) is 0. The topological polar surface area (TPSA) is 407 Å². The van der Waals surface area contributed by atoms with Crippen LogP contribution in [0.3, 0.4) is 0 Å². The SMILES string of the molecule is OC[C@H]1O[C@H](O[C@H]2[C@H](O)[C@@H](O)[C@@H](O[C@H]3[C@H](O)[C@@H](O)[C@@H](O[C@H]4[C@H](O)[C@@H](O)[C@@H](O[C@H]5[C@H](O)CC(O)O[C@@H]5CO)O[C@@H]4CO)O[C@@H]3CO)O[C@@H]2CO)[C@H](O)[C@@H](O)[C@@H]1O. The van der Waals surface area contributed by atoms with Crippen LogP contribution < -0.4 is 0 Å². The van der Waals surface area contributed by atoms with E-state index in [2.05, 4.69) is 0 Å². The second kappa shape index (κ2) is 19.4. The molecule has 25 nitrogen and oxygen atoms in total. The number of hydrogen-bond acceptors (Lipinski definition) is 25. The van der Waals surface area contributed by atoms with Gasteiger partial charge >= 0.3 is 0 Å².